The number of hydrogen-bond donors (Lipinski definition) is 1. The molecule has 0 aliphatic heterocycles. The van der Waals surface area contributed by atoms with Gasteiger partial charge in [0.1, 0.15) is 0 Å². The maximum atomic E-state index is 5.55. The normalized spacial score (nSPS) is 12.6. The fraction of sp³-hybridized carbons (Fsp3) is 0.714. The molecular weight excluding hydrogens is 226 g/mol. The van der Waals surface area contributed by atoms with Crippen LogP contribution < -0.4 is 10.1 Å². The molecule has 1 rings (SSSR count). The minimum absolute atomic E-state index is 0.367. The number of aromatic nitrogens is 2. The van der Waals surface area contributed by atoms with Crippen LogP contribution in [-0.2, 0) is 0 Å². The molecule has 1 heterocycles. The highest BCUT2D eigenvalue weighted by molar-refractivity contribution is 5.31. The molecule has 18 heavy (non-hydrogen) atoms. The zero-order valence-corrected chi connectivity index (χ0v) is 12.2. The van der Waals surface area contributed by atoms with Crippen molar-refractivity contribution in [2.45, 2.75) is 53.5 Å². The molecule has 0 aliphatic rings. The van der Waals surface area contributed by atoms with E-state index in [4.69, 9.17) is 4.74 Å². The largest absolute Gasteiger partial charge is 0.478 e. The molecule has 0 spiro atoms. The summed E-state index contributed by atoms with van der Waals surface area (Å²) in [5, 5.41) is 3.33. The summed E-state index contributed by atoms with van der Waals surface area (Å²) in [4.78, 5) is 8.76. The second-order valence-corrected chi connectivity index (χ2v) is 5.19. The van der Waals surface area contributed by atoms with Crippen LogP contribution in [0.5, 0.6) is 5.88 Å². The molecule has 0 aliphatic carbocycles. The smallest absolute Gasteiger partial charge is 0.226 e. The van der Waals surface area contributed by atoms with Gasteiger partial charge in [0, 0.05) is 17.8 Å². The number of rotatable bonds is 7. The van der Waals surface area contributed by atoms with Crippen LogP contribution in [0.1, 0.15) is 46.2 Å². The number of nitrogens with zero attached hydrogens (tertiary/aromatic N) is 2. The molecule has 1 unspecified atom stereocenters. The summed E-state index contributed by atoms with van der Waals surface area (Å²) in [6.07, 6.45) is 2.08. The van der Waals surface area contributed by atoms with E-state index in [1.807, 2.05) is 13.0 Å². The highest BCUT2D eigenvalue weighted by Gasteiger charge is 2.08. The first kappa shape index (κ1) is 14.7. The van der Waals surface area contributed by atoms with E-state index in [1.54, 1.807) is 0 Å². The molecule has 1 aromatic heterocycles. The van der Waals surface area contributed by atoms with E-state index in [2.05, 4.69) is 43.0 Å². The number of anilines is 1. The van der Waals surface area contributed by atoms with Crippen LogP contribution in [0.2, 0.25) is 0 Å². The van der Waals surface area contributed by atoms with Crippen LogP contribution in [0.15, 0.2) is 6.07 Å². The fourth-order valence-electron chi connectivity index (χ4n) is 1.87. The van der Waals surface area contributed by atoms with Crippen LogP contribution in [0.25, 0.3) is 0 Å². The van der Waals surface area contributed by atoms with Crippen molar-refractivity contribution in [2.24, 2.45) is 5.92 Å². The van der Waals surface area contributed by atoms with E-state index >= 15 is 0 Å². The van der Waals surface area contributed by atoms with Crippen LogP contribution in [0, 0.1) is 12.8 Å². The summed E-state index contributed by atoms with van der Waals surface area (Å²) in [5.41, 5.74) is 0.926. The second kappa shape index (κ2) is 7.19. The highest BCUT2D eigenvalue weighted by Crippen LogP contribution is 2.14. The molecule has 4 nitrogen and oxygen atoms in total. The van der Waals surface area contributed by atoms with Crippen molar-refractivity contribution in [2.75, 3.05) is 11.9 Å². The Bertz CT molecular complexity index is 366. The molecule has 1 N–H and O–H groups in total. The minimum atomic E-state index is 0.367. The first-order chi connectivity index (χ1) is 8.51. The summed E-state index contributed by atoms with van der Waals surface area (Å²) >= 11 is 0. The third kappa shape index (κ3) is 5.34. The Morgan fingerprint density at radius 1 is 1.28 bits per heavy atom. The molecule has 0 radical (unpaired) electrons. The quantitative estimate of drug-likeness (QED) is 0.806. The van der Waals surface area contributed by atoms with Gasteiger partial charge < -0.3 is 10.1 Å². The summed E-state index contributed by atoms with van der Waals surface area (Å²) in [6, 6.07) is 2.24. The molecule has 0 bridgehead atoms. The second-order valence-electron chi connectivity index (χ2n) is 5.19. The van der Waals surface area contributed by atoms with E-state index < -0.39 is 0 Å². The van der Waals surface area contributed by atoms with Gasteiger partial charge >= 0.3 is 0 Å². The lowest BCUT2D eigenvalue weighted by atomic mass is 10.1. The molecular formula is C14H25N3O. The van der Waals surface area contributed by atoms with Crippen LogP contribution in [-0.4, -0.2) is 22.6 Å². The van der Waals surface area contributed by atoms with Gasteiger partial charge in [0.05, 0.1) is 6.61 Å². The third-order valence-electron chi connectivity index (χ3n) is 2.49. The van der Waals surface area contributed by atoms with E-state index in [9.17, 15) is 0 Å². The Morgan fingerprint density at radius 3 is 2.61 bits per heavy atom. The van der Waals surface area contributed by atoms with Crippen molar-refractivity contribution in [3.8, 4) is 5.88 Å². The molecule has 102 valence electrons. The van der Waals surface area contributed by atoms with E-state index in [0.29, 0.717) is 30.4 Å². The Morgan fingerprint density at radius 2 is 2.00 bits per heavy atom. The predicted molar refractivity (Wildman–Crippen MR) is 75.1 cm³/mol. The SMILES string of the molecule is CCCOc1cc(C)nc(NC(C)CC(C)C)n1. The Hall–Kier alpha value is -1.32. The number of ether oxygens (including phenoxy) is 1. The van der Waals surface area contributed by atoms with E-state index in [-0.39, 0.29) is 0 Å². The Kier molecular flexibility index (Phi) is 5.89. The summed E-state index contributed by atoms with van der Waals surface area (Å²) < 4.78 is 5.55. The monoisotopic (exact) mass is 251 g/mol. The molecule has 1 atom stereocenters. The zero-order chi connectivity index (χ0) is 13.5. The van der Waals surface area contributed by atoms with Crippen molar-refractivity contribution >= 4 is 5.95 Å². The molecule has 0 fully saturated rings. The lowest BCUT2D eigenvalue weighted by Gasteiger charge is -2.16. The van der Waals surface area contributed by atoms with Crippen LogP contribution in [0.4, 0.5) is 5.95 Å². The first-order valence-electron chi connectivity index (χ1n) is 6.76. The first-order valence-corrected chi connectivity index (χ1v) is 6.76. The van der Waals surface area contributed by atoms with Crippen LogP contribution in [0.3, 0.4) is 0 Å². The summed E-state index contributed by atoms with van der Waals surface area (Å²) in [7, 11) is 0. The Labute approximate surface area is 110 Å². The topological polar surface area (TPSA) is 47.0 Å². The lowest BCUT2D eigenvalue weighted by molar-refractivity contribution is 0.304. The van der Waals surface area contributed by atoms with Gasteiger partial charge in [-0.15, -0.1) is 0 Å². The van der Waals surface area contributed by atoms with Crippen molar-refractivity contribution in [1.29, 1.82) is 0 Å². The van der Waals surface area contributed by atoms with Gasteiger partial charge in [0.15, 0.2) is 0 Å². The summed E-state index contributed by atoms with van der Waals surface area (Å²) in [5.74, 6) is 1.98. The van der Waals surface area contributed by atoms with Crippen LogP contribution >= 0.6 is 0 Å². The van der Waals surface area contributed by atoms with Gasteiger partial charge in [-0.25, -0.2) is 4.98 Å². The average molecular weight is 251 g/mol. The fourth-order valence-corrected chi connectivity index (χ4v) is 1.87. The van der Waals surface area contributed by atoms with Crippen molar-refractivity contribution in [1.82, 2.24) is 9.97 Å². The van der Waals surface area contributed by atoms with Gasteiger partial charge in [-0.1, -0.05) is 20.8 Å². The van der Waals surface area contributed by atoms with Gasteiger partial charge in [0.25, 0.3) is 0 Å². The molecule has 0 amide bonds. The summed E-state index contributed by atoms with van der Waals surface area (Å²) in [6.45, 7) is 11.3. The van der Waals surface area contributed by atoms with E-state index in [0.717, 1.165) is 18.5 Å². The highest BCUT2D eigenvalue weighted by atomic mass is 16.5. The predicted octanol–water partition coefficient (Wildman–Crippen LogP) is 3.42. The molecule has 0 saturated carbocycles. The minimum Gasteiger partial charge on any atom is -0.478 e. The lowest BCUT2D eigenvalue weighted by Crippen LogP contribution is -2.19. The molecule has 1 aromatic rings. The molecule has 4 heteroatoms. The third-order valence-corrected chi connectivity index (χ3v) is 2.49. The average Bonchev–Trinajstić information content (AvgIpc) is 2.24. The molecule has 0 aromatic carbocycles. The number of hydrogen-bond acceptors (Lipinski definition) is 4. The van der Waals surface area contributed by atoms with Gasteiger partial charge in [-0.2, -0.15) is 4.98 Å². The maximum absolute atomic E-state index is 5.55. The van der Waals surface area contributed by atoms with Crippen molar-refractivity contribution < 1.29 is 4.74 Å². The Balaban J connectivity index is 2.67. The van der Waals surface area contributed by atoms with Crippen molar-refractivity contribution in [3.05, 3.63) is 11.8 Å². The van der Waals surface area contributed by atoms with Gasteiger partial charge in [-0.3, -0.25) is 0 Å². The standard InChI is InChI=1S/C14H25N3O/c1-6-7-18-13-9-12(5)16-14(17-13)15-11(4)8-10(2)3/h9-11H,6-8H2,1-5H3,(H,15,16,17). The number of aryl methyl sites for hydroxylation is 1. The molecule has 0 saturated heterocycles. The number of nitrogens with one attached hydrogen (secondary N) is 1. The van der Waals surface area contributed by atoms with Gasteiger partial charge in [0.2, 0.25) is 11.8 Å². The maximum Gasteiger partial charge on any atom is 0.226 e. The zero-order valence-electron chi connectivity index (χ0n) is 12.2. The van der Waals surface area contributed by atoms with Crippen molar-refractivity contribution in [3.63, 3.8) is 0 Å². The van der Waals surface area contributed by atoms with Gasteiger partial charge in [-0.05, 0) is 32.6 Å². The van der Waals surface area contributed by atoms with E-state index in [1.165, 1.54) is 0 Å².